The van der Waals surface area contributed by atoms with Crippen molar-refractivity contribution >= 4 is 0 Å². The van der Waals surface area contributed by atoms with Gasteiger partial charge in [0, 0.05) is 0 Å². The second-order valence-corrected chi connectivity index (χ2v) is 4.05. The lowest BCUT2D eigenvalue weighted by Gasteiger charge is -2.32. The van der Waals surface area contributed by atoms with Gasteiger partial charge in [-0.3, -0.25) is 0 Å². The maximum atomic E-state index is 5.49. The fourth-order valence-corrected chi connectivity index (χ4v) is 1.38. The molecule has 68 valence electrons. The van der Waals surface area contributed by atoms with E-state index in [2.05, 4.69) is 27.7 Å². The van der Waals surface area contributed by atoms with Gasteiger partial charge in [-0.25, -0.2) is 0 Å². The zero-order valence-corrected chi connectivity index (χ0v) is 8.48. The summed E-state index contributed by atoms with van der Waals surface area (Å²) in [6.45, 7) is 10.1. The summed E-state index contributed by atoms with van der Waals surface area (Å²) >= 11 is 0. The van der Waals surface area contributed by atoms with Crippen LogP contribution in [0.4, 0.5) is 0 Å². The van der Waals surface area contributed by atoms with Crippen LogP contribution in [0.3, 0.4) is 0 Å². The fourth-order valence-electron chi connectivity index (χ4n) is 1.38. The van der Waals surface area contributed by atoms with Crippen molar-refractivity contribution in [2.75, 3.05) is 6.54 Å². The van der Waals surface area contributed by atoms with E-state index in [4.69, 9.17) is 5.73 Å². The molecule has 0 aromatic rings. The number of nitrogens with two attached hydrogens (primary N) is 1. The molecule has 0 rings (SSSR count). The van der Waals surface area contributed by atoms with Crippen molar-refractivity contribution < 1.29 is 0 Å². The topological polar surface area (TPSA) is 26.0 Å². The zero-order valence-electron chi connectivity index (χ0n) is 8.48. The first-order chi connectivity index (χ1) is 5.06. The van der Waals surface area contributed by atoms with E-state index in [0.29, 0.717) is 5.41 Å². The van der Waals surface area contributed by atoms with Crippen LogP contribution in [0, 0.1) is 11.3 Å². The quantitative estimate of drug-likeness (QED) is 0.652. The summed E-state index contributed by atoms with van der Waals surface area (Å²) in [7, 11) is 0. The van der Waals surface area contributed by atoms with E-state index < -0.39 is 0 Å². The van der Waals surface area contributed by atoms with Gasteiger partial charge in [-0.1, -0.05) is 34.1 Å². The molecule has 0 heterocycles. The third-order valence-corrected chi connectivity index (χ3v) is 3.15. The largest absolute Gasteiger partial charge is 0.330 e. The van der Waals surface area contributed by atoms with Gasteiger partial charge in [0.05, 0.1) is 0 Å². The first-order valence-corrected chi connectivity index (χ1v) is 4.77. The van der Waals surface area contributed by atoms with Crippen molar-refractivity contribution in [3.63, 3.8) is 0 Å². The molecule has 1 heteroatoms. The van der Waals surface area contributed by atoms with E-state index in [-0.39, 0.29) is 0 Å². The van der Waals surface area contributed by atoms with Crippen LogP contribution in [-0.2, 0) is 0 Å². The van der Waals surface area contributed by atoms with Crippen LogP contribution in [0.25, 0.3) is 0 Å². The molecule has 0 saturated carbocycles. The predicted octanol–water partition coefficient (Wildman–Crippen LogP) is 2.80. The van der Waals surface area contributed by atoms with Crippen LogP contribution in [0.15, 0.2) is 0 Å². The Morgan fingerprint density at radius 3 is 2.18 bits per heavy atom. The Morgan fingerprint density at radius 2 is 1.91 bits per heavy atom. The Kier molecular flexibility index (Phi) is 4.74. The third kappa shape index (κ3) is 3.24. The first-order valence-electron chi connectivity index (χ1n) is 4.77. The minimum Gasteiger partial charge on any atom is -0.330 e. The van der Waals surface area contributed by atoms with E-state index in [1.54, 1.807) is 0 Å². The Hall–Kier alpha value is -0.0400. The molecule has 0 fully saturated rings. The maximum absolute atomic E-state index is 5.49. The molecule has 11 heavy (non-hydrogen) atoms. The lowest BCUT2D eigenvalue weighted by atomic mass is 9.73. The standard InChI is InChI=1S/C10H23N/c1-5-10(4,9(2)3)7-6-8-11/h9H,5-8,11H2,1-4H3/t10-/m1/s1. The van der Waals surface area contributed by atoms with Crippen LogP contribution >= 0.6 is 0 Å². The second-order valence-electron chi connectivity index (χ2n) is 4.05. The van der Waals surface area contributed by atoms with Crippen molar-refractivity contribution in [2.45, 2.75) is 47.0 Å². The van der Waals surface area contributed by atoms with Gasteiger partial charge in [-0.05, 0) is 30.7 Å². The van der Waals surface area contributed by atoms with Crippen molar-refractivity contribution in [3.8, 4) is 0 Å². The molecule has 1 nitrogen and oxygen atoms in total. The summed E-state index contributed by atoms with van der Waals surface area (Å²) in [5, 5.41) is 0. The van der Waals surface area contributed by atoms with Crippen LogP contribution in [0.2, 0.25) is 0 Å². The Morgan fingerprint density at radius 1 is 1.36 bits per heavy atom. The van der Waals surface area contributed by atoms with Gasteiger partial charge in [0.1, 0.15) is 0 Å². The highest BCUT2D eigenvalue weighted by Gasteiger charge is 2.24. The second kappa shape index (κ2) is 4.76. The Labute approximate surface area is 71.4 Å². The maximum Gasteiger partial charge on any atom is -0.00771 e. The van der Waals surface area contributed by atoms with E-state index in [1.165, 1.54) is 19.3 Å². The minimum atomic E-state index is 0.513. The van der Waals surface area contributed by atoms with Crippen molar-refractivity contribution in [3.05, 3.63) is 0 Å². The molecule has 2 N–H and O–H groups in total. The third-order valence-electron chi connectivity index (χ3n) is 3.15. The van der Waals surface area contributed by atoms with Crippen molar-refractivity contribution in [1.29, 1.82) is 0 Å². The van der Waals surface area contributed by atoms with Gasteiger partial charge >= 0.3 is 0 Å². The summed E-state index contributed by atoms with van der Waals surface area (Å²) in [4.78, 5) is 0. The molecule has 0 saturated heterocycles. The normalized spacial score (nSPS) is 16.9. The van der Waals surface area contributed by atoms with Crippen LogP contribution < -0.4 is 5.73 Å². The molecule has 1 atom stereocenters. The molecule has 0 radical (unpaired) electrons. The lowest BCUT2D eigenvalue weighted by Crippen LogP contribution is -2.23. The predicted molar refractivity (Wildman–Crippen MR) is 51.5 cm³/mol. The molecule has 0 amide bonds. The highest BCUT2D eigenvalue weighted by molar-refractivity contribution is 4.75. The van der Waals surface area contributed by atoms with Gasteiger partial charge in [-0.2, -0.15) is 0 Å². The van der Waals surface area contributed by atoms with Gasteiger partial charge in [0.25, 0.3) is 0 Å². The summed E-state index contributed by atoms with van der Waals surface area (Å²) < 4.78 is 0. The van der Waals surface area contributed by atoms with Gasteiger partial charge < -0.3 is 5.73 Å². The molecular weight excluding hydrogens is 134 g/mol. The molecule has 0 aliphatic carbocycles. The average Bonchev–Trinajstić information content (AvgIpc) is 2.00. The minimum absolute atomic E-state index is 0.513. The Balaban J connectivity index is 3.88. The smallest absolute Gasteiger partial charge is 0.00771 e. The monoisotopic (exact) mass is 157 g/mol. The van der Waals surface area contributed by atoms with E-state index in [9.17, 15) is 0 Å². The highest BCUT2D eigenvalue weighted by Crippen LogP contribution is 2.35. The summed E-state index contributed by atoms with van der Waals surface area (Å²) in [5.41, 5.74) is 6.00. The lowest BCUT2D eigenvalue weighted by molar-refractivity contribution is 0.187. The van der Waals surface area contributed by atoms with Gasteiger partial charge in [-0.15, -0.1) is 0 Å². The Bertz CT molecular complexity index is 99.0. The fraction of sp³-hybridized carbons (Fsp3) is 1.00. The van der Waals surface area contributed by atoms with Crippen LogP contribution in [0.5, 0.6) is 0 Å². The SMILES string of the molecule is CC[C@](C)(CCCN)C(C)C. The number of rotatable bonds is 5. The van der Waals surface area contributed by atoms with Crippen LogP contribution in [0.1, 0.15) is 47.0 Å². The molecule has 0 unspecified atom stereocenters. The zero-order chi connectivity index (χ0) is 8.91. The van der Waals surface area contributed by atoms with Crippen molar-refractivity contribution in [1.82, 2.24) is 0 Å². The molecule has 0 aliphatic heterocycles. The van der Waals surface area contributed by atoms with Crippen molar-refractivity contribution in [2.24, 2.45) is 17.1 Å². The van der Waals surface area contributed by atoms with E-state index >= 15 is 0 Å². The molecule has 0 aromatic carbocycles. The number of hydrogen-bond acceptors (Lipinski definition) is 1. The summed E-state index contributed by atoms with van der Waals surface area (Å²) in [5.74, 6) is 0.777. The molecular formula is C10H23N. The first kappa shape index (κ1) is 11.0. The molecule has 0 aliphatic rings. The number of hydrogen-bond donors (Lipinski definition) is 1. The molecule has 0 aromatic heterocycles. The summed E-state index contributed by atoms with van der Waals surface area (Å²) in [6.07, 6.45) is 3.71. The molecule has 0 bridgehead atoms. The molecule has 0 spiro atoms. The van der Waals surface area contributed by atoms with Gasteiger partial charge in [0.15, 0.2) is 0 Å². The van der Waals surface area contributed by atoms with Gasteiger partial charge in [0.2, 0.25) is 0 Å². The van der Waals surface area contributed by atoms with E-state index in [0.717, 1.165) is 12.5 Å². The highest BCUT2D eigenvalue weighted by atomic mass is 14.5. The van der Waals surface area contributed by atoms with E-state index in [1.807, 2.05) is 0 Å². The van der Waals surface area contributed by atoms with Crippen LogP contribution in [-0.4, -0.2) is 6.54 Å². The average molecular weight is 157 g/mol. The summed E-state index contributed by atoms with van der Waals surface area (Å²) in [6, 6.07) is 0.